The highest BCUT2D eigenvalue weighted by molar-refractivity contribution is 6.30. The van der Waals surface area contributed by atoms with Crippen LogP contribution in [0.25, 0.3) is 32.3 Å². The molecule has 0 aromatic heterocycles. The maximum Gasteiger partial charge on any atom is 0.0955 e. The molecule has 3 aliphatic heterocycles. The predicted molar refractivity (Wildman–Crippen MR) is 328 cm³/mol. The Morgan fingerprint density at radius 2 is 0.500 bits per heavy atom. The molecule has 0 aliphatic carbocycles. The van der Waals surface area contributed by atoms with Gasteiger partial charge in [-0.3, -0.25) is 4.90 Å². The summed E-state index contributed by atoms with van der Waals surface area (Å²) in [5, 5.41) is 6.88. The molecule has 16 rings (SSSR count). The zero-order valence-electron chi connectivity index (χ0n) is 42.4. The lowest BCUT2D eigenvalue weighted by Gasteiger charge is -2.52. The van der Waals surface area contributed by atoms with Crippen LogP contribution in [0.5, 0.6) is 0 Å². The number of benzene rings is 13. The fourth-order valence-electron chi connectivity index (χ4n) is 12.6. The summed E-state index contributed by atoms with van der Waals surface area (Å²) in [6.07, 6.45) is 0. The van der Waals surface area contributed by atoms with Gasteiger partial charge in [-0.15, -0.1) is 0 Å². The Labute approximate surface area is 453 Å². The minimum absolute atomic E-state index is 1.07. The van der Waals surface area contributed by atoms with Crippen molar-refractivity contribution in [3.63, 3.8) is 0 Å². The second kappa shape index (κ2) is 17.5. The van der Waals surface area contributed by atoms with Crippen LogP contribution in [0.1, 0.15) is 0 Å². The molecule has 3 heterocycles. The van der Waals surface area contributed by atoms with Crippen LogP contribution in [0.3, 0.4) is 0 Å². The Morgan fingerprint density at radius 3 is 0.923 bits per heavy atom. The summed E-state index contributed by atoms with van der Waals surface area (Å²) in [6, 6.07) is 106. The minimum atomic E-state index is 1.07. The van der Waals surface area contributed by atoms with Gasteiger partial charge in [-0.1, -0.05) is 164 Å². The molecule has 0 atom stereocenters. The lowest BCUT2D eigenvalue weighted by molar-refractivity contribution is 1.10. The molecule has 0 fully saturated rings. The molecule has 0 bridgehead atoms. The van der Waals surface area contributed by atoms with Gasteiger partial charge in [-0.25, -0.2) is 0 Å². The van der Waals surface area contributed by atoms with E-state index in [1.165, 1.54) is 5.39 Å². The molecule has 3 aliphatic rings. The second-order valence-corrected chi connectivity index (χ2v) is 20.2. The fourth-order valence-corrected chi connectivity index (χ4v) is 12.6. The van der Waals surface area contributed by atoms with Gasteiger partial charge in [0.15, 0.2) is 0 Å². The van der Waals surface area contributed by atoms with Crippen molar-refractivity contribution in [3.05, 3.63) is 291 Å². The van der Waals surface area contributed by atoms with Gasteiger partial charge in [-0.2, -0.15) is 0 Å². The quantitative estimate of drug-likeness (QED) is 0.142. The fraction of sp³-hybridized carbons (Fsp3) is 0. The van der Waals surface area contributed by atoms with E-state index < -0.39 is 0 Å². The van der Waals surface area contributed by atoms with Gasteiger partial charge in [0.1, 0.15) is 0 Å². The predicted octanol–water partition coefficient (Wildman–Crippen LogP) is 20.9. The summed E-state index contributed by atoms with van der Waals surface area (Å²) >= 11 is 0. The molecule has 0 saturated heterocycles. The lowest BCUT2D eigenvalue weighted by atomic mass is 9.88. The first-order chi connectivity index (χ1) is 38.7. The highest BCUT2D eigenvalue weighted by Gasteiger charge is 2.48. The molecule has 13 aromatic rings. The highest BCUT2D eigenvalue weighted by atomic mass is 15.4. The summed E-state index contributed by atoms with van der Waals surface area (Å²) in [7, 11) is 0. The Bertz CT molecular complexity index is 4340. The average Bonchev–Trinajstić information content (AvgIpc) is 2.39. The van der Waals surface area contributed by atoms with Gasteiger partial charge < -0.3 is 24.5 Å². The average molecular weight is 997 g/mol. The number of para-hydroxylation sites is 7. The van der Waals surface area contributed by atoms with Gasteiger partial charge in [0, 0.05) is 67.3 Å². The lowest BCUT2D eigenvalue weighted by Crippen LogP contribution is -2.35. The van der Waals surface area contributed by atoms with Crippen molar-refractivity contribution in [3.8, 4) is 0 Å². The number of nitrogens with zero attached hydrogens (tertiary/aromatic N) is 6. The van der Waals surface area contributed by atoms with Crippen molar-refractivity contribution in [2.45, 2.75) is 0 Å². The largest absolute Gasteiger partial charge is 0.310 e. The Hall–Kier alpha value is -10.6. The van der Waals surface area contributed by atoms with Crippen LogP contribution in [-0.2, 0) is 0 Å². The maximum atomic E-state index is 2.64. The van der Waals surface area contributed by atoms with E-state index in [0.29, 0.717) is 0 Å². The van der Waals surface area contributed by atoms with Gasteiger partial charge in [0.2, 0.25) is 0 Å². The maximum absolute atomic E-state index is 2.64. The summed E-state index contributed by atoms with van der Waals surface area (Å²) < 4.78 is 0. The molecule has 0 N–H and O–H groups in total. The van der Waals surface area contributed by atoms with Crippen molar-refractivity contribution >= 4 is 135 Å². The van der Waals surface area contributed by atoms with Gasteiger partial charge in [-0.05, 0) is 144 Å². The van der Waals surface area contributed by atoms with Crippen molar-refractivity contribution in [1.29, 1.82) is 0 Å². The monoisotopic (exact) mass is 996 g/mol. The molecule has 0 amide bonds. The third-order valence-electron chi connectivity index (χ3n) is 15.8. The molecular weight excluding hydrogens is 949 g/mol. The standard InChI is InChI=1S/C72H48N6/c1-8-25-52(26-9-1)73(53-27-10-2-11-28-53)59-40-42-62-50(44-59)47-65-71-68(62)77(58-37-20-7-21-38-58)69-63-43-41-60(74(54-29-12-3-13-30-54)55-31-14-4-15-32-55)45-51(63)48-66-72(69)78(71)70-64(75(65)56-33-16-5-17-34-56)46-49-24-22-23-39-61(49)67(70)76(66)57-35-18-6-19-36-57/h1-48H. The summed E-state index contributed by atoms with van der Waals surface area (Å²) in [6.45, 7) is 0. The Balaban J connectivity index is 1.07. The molecule has 6 nitrogen and oxygen atoms in total. The summed E-state index contributed by atoms with van der Waals surface area (Å²) in [5.74, 6) is 0. The highest BCUT2D eigenvalue weighted by Crippen LogP contribution is 2.73. The number of rotatable bonds is 9. The smallest absolute Gasteiger partial charge is 0.0955 e. The van der Waals surface area contributed by atoms with Crippen LogP contribution in [0.2, 0.25) is 0 Å². The first kappa shape index (κ1) is 43.8. The van der Waals surface area contributed by atoms with Crippen LogP contribution in [-0.4, -0.2) is 0 Å². The number of hydrogen-bond acceptors (Lipinski definition) is 6. The number of fused-ring (bicyclic) bond motifs is 6. The van der Waals surface area contributed by atoms with E-state index in [9.17, 15) is 0 Å². The second-order valence-electron chi connectivity index (χ2n) is 20.2. The molecule has 0 radical (unpaired) electrons. The zero-order valence-corrected chi connectivity index (χ0v) is 42.4. The van der Waals surface area contributed by atoms with E-state index in [1.807, 2.05) is 0 Å². The van der Waals surface area contributed by atoms with Crippen molar-refractivity contribution in [2.75, 3.05) is 29.4 Å². The van der Waals surface area contributed by atoms with Gasteiger partial charge >= 0.3 is 0 Å². The van der Waals surface area contributed by atoms with E-state index >= 15 is 0 Å². The molecule has 0 spiro atoms. The van der Waals surface area contributed by atoms with Crippen LogP contribution in [0.15, 0.2) is 291 Å². The number of hydrogen-bond donors (Lipinski definition) is 0. The molecule has 78 heavy (non-hydrogen) atoms. The van der Waals surface area contributed by atoms with Gasteiger partial charge in [0.05, 0.1) is 51.2 Å². The third kappa shape index (κ3) is 6.63. The van der Waals surface area contributed by atoms with E-state index in [0.717, 1.165) is 129 Å². The summed E-state index contributed by atoms with van der Waals surface area (Å²) in [4.78, 5) is 15.0. The van der Waals surface area contributed by atoms with E-state index in [1.54, 1.807) is 0 Å². The van der Waals surface area contributed by atoms with E-state index in [2.05, 4.69) is 321 Å². The van der Waals surface area contributed by atoms with Crippen molar-refractivity contribution in [2.24, 2.45) is 0 Å². The minimum Gasteiger partial charge on any atom is -0.310 e. The van der Waals surface area contributed by atoms with E-state index in [4.69, 9.17) is 0 Å². The first-order valence-electron chi connectivity index (χ1n) is 26.7. The number of anilines is 18. The molecule has 13 aromatic carbocycles. The summed E-state index contributed by atoms with van der Waals surface area (Å²) in [5.41, 5.74) is 19.9. The SMILES string of the molecule is c1ccc(N(c2ccccc2)c2ccc3c4c5c(cc3c2)N(c2ccccc2)c2cc3ccccc3c3c2N5c2c(cc5cc(N(c6ccccc6)c6ccccc6)ccc5c2N4c2ccccc2)N3c2ccccc2)cc1. The van der Waals surface area contributed by atoms with Crippen LogP contribution in [0.4, 0.5) is 102 Å². The zero-order chi connectivity index (χ0) is 51.3. The Morgan fingerprint density at radius 1 is 0.192 bits per heavy atom. The van der Waals surface area contributed by atoms with Crippen LogP contribution < -0.4 is 29.4 Å². The molecule has 0 unspecified atom stereocenters. The molecule has 366 valence electrons. The molecule has 0 saturated carbocycles. The van der Waals surface area contributed by atoms with Crippen LogP contribution >= 0.6 is 0 Å². The topological polar surface area (TPSA) is 19.4 Å². The van der Waals surface area contributed by atoms with E-state index in [-0.39, 0.29) is 0 Å². The first-order valence-corrected chi connectivity index (χ1v) is 26.7. The molecular formula is C72H48N6. The van der Waals surface area contributed by atoms with Crippen molar-refractivity contribution < 1.29 is 0 Å². The van der Waals surface area contributed by atoms with Crippen molar-refractivity contribution in [1.82, 2.24) is 0 Å². The molecule has 6 heteroatoms. The van der Waals surface area contributed by atoms with Crippen LogP contribution in [0, 0.1) is 0 Å². The third-order valence-corrected chi connectivity index (χ3v) is 15.8. The Kier molecular flexibility index (Phi) is 9.84. The normalized spacial score (nSPS) is 12.8. The van der Waals surface area contributed by atoms with Gasteiger partial charge in [0.25, 0.3) is 0 Å².